The fraction of sp³-hybridized carbons (Fsp3) is 0.192. The number of nitro groups is 1. The van der Waals surface area contributed by atoms with E-state index in [2.05, 4.69) is 10.2 Å². The van der Waals surface area contributed by atoms with Gasteiger partial charge in [-0.2, -0.15) is 0 Å². The van der Waals surface area contributed by atoms with E-state index in [1.54, 1.807) is 32.4 Å². The number of methoxy groups -OCH3 is 2. The van der Waals surface area contributed by atoms with Crippen LogP contribution in [0.3, 0.4) is 0 Å². The third-order valence-corrected chi connectivity index (χ3v) is 7.12. The number of nitro benzene ring substituents is 1. The number of benzene rings is 3. The van der Waals surface area contributed by atoms with E-state index in [1.807, 2.05) is 42.5 Å². The molecule has 3 aromatic carbocycles. The SMILES string of the molecule is COc1ccc(C2C(=Nc3ccccc3[N+](=O)[O-])C(c3nnc(CO)s3)c3ccc(OC)cc32)cc1. The summed E-state index contributed by atoms with van der Waals surface area (Å²) in [5, 5.41) is 31.0. The molecule has 0 fully saturated rings. The van der Waals surface area contributed by atoms with Crippen molar-refractivity contribution in [3.8, 4) is 11.5 Å². The Morgan fingerprint density at radius 1 is 0.972 bits per heavy atom. The second kappa shape index (κ2) is 9.84. The van der Waals surface area contributed by atoms with Crippen LogP contribution in [0.1, 0.15) is 38.5 Å². The van der Waals surface area contributed by atoms with E-state index >= 15 is 0 Å². The van der Waals surface area contributed by atoms with Crippen LogP contribution < -0.4 is 9.47 Å². The zero-order chi connectivity index (χ0) is 25.2. The van der Waals surface area contributed by atoms with E-state index in [0.29, 0.717) is 27.2 Å². The number of hydrogen-bond acceptors (Lipinski definition) is 9. The fourth-order valence-electron chi connectivity index (χ4n) is 4.51. The molecule has 2 atom stereocenters. The van der Waals surface area contributed by atoms with Gasteiger partial charge in [0.05, 0.1) is 31.7 Å². The van der Waals surface area contributed by atoms with Crippen LogP contribution in [0, 0.1) is 10.1 Å². The lowest BCUT2D eigenvalue weighted by Crippen LogP contribution is -2.14. The van der Waals surface area contributed by atoms with Gasteiger partial charge in [0.1, 0.15) is 27.2 Å². The summed E-state index contributed by atoms with van der Waals surface area (Å²) >= 11 is 1.29. The molecule has 1 N–H and O–H groups in total. The molecular weight excluding hydrogens is 480 g/mol. The lowest BCUT2D eigenvalue weighted by Gasteiger charge is -2.17. The van der Waals surface area contributed by atoms with Gasteiger partial charge in [-0.25, -0.2) is 4.99 Å². The Labute approximate surface area is 210 Å². The molecule has 0 aliphatic heterocycles. The number of rotatable bonds is 7. The summed E-state index contributed by atoms with van der Waals surface area (Å²) in [7, 11) is 3.22. The van der Waals surface area contributed by atoms with Crippen molar-refractivity contribution in [3.05, 3.63) is 104 Å². The van der Waals surface area contributed by atoms with Crippen molar-refractivity contribution >= 4 is 28.4 Å². The number of aliphatic hydroxyl groups is 1. The van der Waals surface area contributed by atoms with Crippen molar-refractivity contribution in [2.45, 2.75) is 18.4 Å². The average Bonchev–Trinajstić information content (AvgIpc) is 3.50. The molecule has 2 unspecified atom stereocenters. The minimum absolute atomic E-state index is 0.0842. The molecule has 182 valence electrons. The molecule has 1 aliphatic carbocycles. The summed E-state index contributed by atoms with van der Waals surface area (Å²) in [5.74, 6) is 0.669. The van der Waals surface area contributed by atoms with Gasteiger partial charge in [-0.05, 0) is 47.0 Å². The smallest absolute Gasteiger partial charge is 0.294 e. The average molecular weight is 503 g/mol. The van der Waals surface area contributed by atoms with Gasteiger partial charge in [-0.3, -0.25) is 10.1 Å². The first-order valence-electron chi connectivity index (χ1n) is 11.1. The molecule has 1 aromatic heterocycles. The van der Waals surface area contributed by atoms with Crippen LogP contribution in [0.4, 0.5) is 11.4 Å². The van der Waals surface area contributed by atoms with E-state index in [9.17, 15) is 15.2 Å². The Balaban J connectivity index is 1.78. The fourth-order valence-corrected chi connectivity index (χ4v) is 5.35. The molecule has 9 nitrogen and oxygen atoms in total. The maximum absolute atomic E-state index is 11.8. The molecule has 5 rings (SSSR count). The Morgan fingerprint density at radius 2 is 1.69 bits per heavy atom. The molecule has 0 amide bonds. The van der Waals surface area contributed by atoms with Gasteiger partial charge in [0.15, 0.2) is 0 Å². The van der Waals surface area contributed by atoms with E-state index in [4.69, 9.17) is 14.5 Å². The number of aliphatic hydroxyl groups excluding tert-OH is 1. The zero-order valence-electron chi connectivity index (χ0n) is 19.5. The van der Waals surface area contributed by atoms with Crippen molar-refractivity contribution in [3.63, 3.8) is 0 Å². The van der Waals surface area contributed by atoms with Crippen LogP contribution in [0.2, 0.25) is 0 Å². The number of fused-ring (bicyclic) bond motifs is 1. The van der Waals surface area contributed by atoms with E-state index < -0.39 is 10.8 Å². The third-order valence-electron chi connectivity index (χ3n) is 6.15. The highest BCUT2D eigenvalue weighted by atomic mass is 32.1. The number of ether oxygens (including phenoxy) is 2. The molecule has 0 radical (unpaired) electrons. The van der Waals surface area contributed by atoms with Crippen molar-refractivity contribution < 1.29 is 19.5 Å². The Kier molecular flexibility index (Phi) is 6.45. The number of nitrogens with zero attached hydrogens (tertiary/aromatic N) is 4. The standard InChI is InChI=1S/C26H22N4O5S/c1-34-16-9-7-15(8-10-16)23-19-13-17(35-2)11-12-18(19)24(26-29-28-22(14-31)36-26)25(23)27-20-5-3-4-6-21(20)30(32)33/h3-13,23-24,31H,14H2,1-2H3. The number of aromatic nitrogens is 2. The van der Waals surface area contributed by atoms with E-state index in [-0.39, 0.29) is 23.9 Å². The van der Waals surface area contributed by atoms with Crippen molar-refractivity contribution in [1.29, 1.82) is 0 Å². The van der Waals surface area contributed by atoms with Gasteiger partial charge < -0.3 is 14.6 Å². The number of para-hydroxylation sites is 2. The highest BCUT2D eigenvalue weighted by Gasteiger charge is 2.41. The van der Waals surface area contributed by atoms with Crippen LogP contribution in [-0.2, 0) is 6.61 Å². The van der Waals surface area contributed by atoms with Crippen molar-refractivity contribution in [2.24, 2.45) is 4.99 Å². The maximum Gasteiger partial charge on any atom is 0.294 e. The van der Waals surface area contributed by atoms with Crippen LogP contribution in [0.25, 0.3) is 0 Å². The first kappa shape index (κ1) is 23.6. The Bertz CT molecular complexity index is 1450. The summed E-state index contributed by atoms with van der Waals surface area (Å²) in [6.45, 7) is -0.224. The highest BCUT2D eigenvalue weighted by molar-refractivity contribution is 7.11. The maximum atomic E-state index is 11.8. The van der Waals surface area contributed by atoms with Gasteiger partial charge in [-0.15, -0.1) is 10.2 Å². The minimum atomic E-state index is -0.434. The molecular formula is C26H22N4O5S. The zero-order valence-corrected chi connectivity index (χ0v) is 20.3. The molecule has 0 saturated carbocycles. The van der Waals surface area contributed by atoms with E-state index in [0.717, 1.165) is 16.7 Å². The Morgan fingerprint density at radius 3 is 2.36 bits per heavy atom. The topological polar surface area (TPSA) is 120 Å². The third kappa shape index (κ3) is 4.21. The normalized spacial score (nSPS) is 17.7. The molecule has 4 aromatic rings. The number of aliphatic imine (C=N–C) groups is 1. The van der Waals surface area contributed by atoms with Crippen LogP contribution in [0.5, 0.6) is 11.5 Å². The summed E-state index contributed by atoms with van der Waals surface area (Å²) in [6, 6.07) is 19.9. The largest absolute Gasteiger partial charge is 0.497 e. The summed E-state index contributed by atoms with van der Waals surface area (Å²) < 4.78 is 10.9. The molecule has 0 spiro atoms. The van der Waals surface area contributed by atoms with Gasteiger partial charge >= 0.3 is 0 Å². The van der Waals surface area contributed by atoms with Crippen LogP contribution in [-0.4, -0.2) is 40.2 Å². The van der Waals surface area contributed by atoms with Gasteiger partial charge in [0.25, 0.3) is 5.69 Å². The summed E-state index contributed by atoms with van der Waals surface area (Å²) in [4.78, 5) is 16.3. The molecule has 10 heteroatoms. The Hall–Kier alpha value is -4.15. The molecule has 1 heterocycles. The summed E-state index contributed by atoms with van der Waals surface area (Å²) in [6.07, 6.45) is 0. The molecule has 0 bridgehead atoms. The minimum Gasteiger partial charge on any atom is -0.497 e. The van der Waals surface area contributed by atoms with Crippen LogP contribution >= 0.6 is 11.3 Å². The van der Waals surface area contributed by atoms with Gasteiger partial charge in [0, 0.05) is 17.7 Å². The monoisotopic (exact) mass is 502 g/mol. The van der Waals surface area contributed by atoms with Crippen molar-refractivity contribution in [1.82, 2.24) is 10.2 Å². The van der Waals surface area contributed by atoms with Crippen LogP contribution in [0.15, 0.2) is 71.7 Å². The van der Waals surface area contributed by atoms with Crippen molar-refractivity contribution in [2.75, 3.05) is 14.2 Å². The molecule has 36 heavy (non-hydrogen) atoms. The van der Waals surface area contributed by atoms with E-state index in [1.165, 1.54) is 17.4 Å². The molecule has 0 saturated heterocycles. The first-order chi connectivity index (χ1) is 17.5. The predicted molar refractivity (Wildman–Crippen MR) is 136 cm³/mol. The quantitative estimate of drug-likeness (QED) is 0.279. The lowest BCUT2D eigenvalue weighted by molar-refractivity contribution is -0.384. The second-order valence-corrected chi connectivity index (χ2v) is 9.20. The second-order valence-electron chi connectivity index (χ2n) is 8.11. The van der Waals surface area contributed by atoms with Gasteiger partial charge in [0.2, 0.25) is 0 Å². The lowest BCUT2D eigenvalue weighted by atomic mass is 9.90. The highest BCUT2D eigenvalue weighted by Crippen LogP contribution is 2.49. The van der Waals surface area contributed by atoms with Gasteiger partial charge in [-0.1, -0.05) is 41.7 Å². The molecule has 1 aliphatic rings. The first-order valence-corrected chi connectivity index (χ1v) is 11.9. The summed E-state index contributed by atoms with van der Waals surface area (Å²) in [5.41, 5.74) is 3.71. The number of hydrogen-bond donors (Lipinski definition) is 1. The predicted octanol–water partition coefficient (Wildman–Crippen LogP) is 5.01.